The Hall–Kier alpha value is -2.71. The Kier molecular flexibility index (Phi) is 6.70. The molecule has 0 atom stereocenters. The molecular weight excluding hydrogens is 370 g/mol. The van der Waals surface area contributed by atoms with Gasteiger partial charge in [-0.15, -0.1) is 0 Å². The van der Waals surface area contributed by atoms with Gasteiger partial charge in [0.25, 0.3) is 0 Å². The van der Waals surface area contributed by atoms with E-state index < -0.39 is 22.6 Å². The second kappa shape index (κ2) is 8.79. The fraction of sp³-hybridized carbons (Fsp3) is 0.263. The molecule has 7 nitrogen and oxygen atoms in total. The minimum atomic E-state index is -3.57. The number of sulfonamides is 1. The summed E-state index contributed by atoms with van der Waals surface area (Å²) in [4.78, 5) is 24.2. The Morgan fingerprint density at radius 3 is 2.00 bits per heavy atom. The number of hydrogen-bond acceptors (Lipinski definition) is 6. The molecule has 0 heterocycles. The summed E-state index contributed by atoms with van der Waals surface area (Å²) in [6, 6.07) is 11.9. The van der Waals surface area contributed by atoms with Crippen LogP contribution in [0.2, 0.25) is 0 Å². The first-order valence-electron chi connectivity index (χ1n) is 8.21. The van der Waals surface area contributed by atoms with Gasteiger partial charge in [0.15, 0.2) is 12.4 Å². The quantitative estimate of drug-likeness (QED) is 0.507. The van der Waals surface area contributed by atoms with Crippen molar-refractivity contribution in [1.82, 2.24) is 4.31 Å². The molecule has 8 heteroatoms. The van der Waals surface area contributed by atoms with Crippen LogP contribution in [0.25, 0.3) is 0 Å². The van der Waals surface area contributed by atoms with E-state index in [1.54, 1.807) is 24.3 Å². The van der Waals surface area contributed by atoms with Crippen LogP contribution < -0.4 is 4.74 Å². The van der Waals surface area contributed by atoms with Gasteiger partial charge in [0.05, 0.1) is 17.1 Å². The van der Waals surface area contributed by atoms with Crippen molar-refractivity contribution in [2.24, 2.45) is 0 Å². The summed E-state index contributed by atoms with van der Waals surface area (Å²) >= 11 is 0. The lowest BCUT2D eigenvalue weighted by molar-refractivity contribution is 0.0474. The summed E-state index contributed by atoms with van der Waals surface area (Å²) in [6.07, 6.45) is 0. The Labute approximate surface area is 158 Å². The van der Waals surface area contributed by atoms with E-state index in [9.17, 15) is 18.0 Å². The molecule has 27 heavy (non-hydrogen) atoms. The van der Waals surface area contributed by atoms with Crippen LogP contribution in [0, 0.1) is 0 Å². The van der Waals surface area contributed by atoms with E-state index >= 15 is 0 Å². The fourth-order valence-electron chi connectivity index (χ4n) is 2.18. The van der Waals surface area contributed by atoms with Crippen LogP contribution in [0.4, 0.5) is 0 Å². The molecule has 0 amide bonds. The average molecular weight is 391 g/mol. The normalized spacial score (nSPS) is 11.3. The van der Waals surface area contributed by atoms with Crippen molar-refractivity contribution in [3.8, 4) is 5.75 Å². The summed E-state index contributed by atoms with van der Waals surface area (Å²) < 4.78 is 35.4. The molecule has 0 saturated carbocycles. The molecule has 2 rings (SSSR count). The van der Waals surface area contributed by atoms with Gasteiger partial charge in [-0.3, -0.25) is 4.79 Å². The standard InChI is InChI=1S/C19H21NO6S/c1-4-25-16-9-5-14(6-10-16)18(21)13-26-19(22)15-7-11-17(12-8-15)27(23,24)20(2)3/h5-12H,4,13H2,1-3H3. The third kappa shape index (κ3) is 5.15. The maximum Gasteiger partial charge on any atom is 0.338 e. The smallest absolute Gasteiger partial charge is 0.338 e. The molecule has 0 aliphatic rings. The molecule has 0 aliphatic heterocycles. The van der Waals surface area contributed by atoms with Gasteiger partial charge in [-0.2, -0.15) is 0 Å². The van der Waals surface area contributed by atoms with Crippen LogP contribution in [0.3, 0.4) is 0 Å². The van der Waals surface area contributed by atoms with Gasteiger partial charge < -0.3 is 9.47 Å². The number of ether oxygens (including phenoxy) is 2. The summed E-state index contributed by atoms with van der Waals surface area (Å²) in [5.74, 6) is -0.403. The van der Waals surface area contributed by atoms with E-state index in [4.69, 9.17) is 9.47 Å². The first kappa shape index (κ1) is 20.6. The lowest BCUT2D eigenvalue weighted by atomic mass is 10.1. The summed E-state index contributed by atoms with van der Waals surface area (Å²) in [5.41, 5.74) is 0.561. The molecule has 0 aliphatic carbocycles. The number of esters is 1. The Morgan fingerprint density at radius 1 is 0.926 bits per heavy atom. The zero-order chi connectivity index (χ0) is 20.0. The van der Waals surface area contributed by atoms with Crippen LogP contribution in [0.5, 0.6) is 5.75 Å². The van der Waals surface area contributed by atoms with E-state index in [0.717, 1.165) is 4.31 Å². The molecular formula is C19H21NO6S. The predicted octanol–water partition coefficient (Wildman–Crippen LogP) is 2.38. The number of carbonyl (C=O) groups is 2. The van der Waals surface area contributed by atoms with Gasteiger partial charge in [-0.1, -0.05) is 0 Å². The van der Waals surface area contributed by atoms with Crippen molar-refractivity contribution in [3.05, 3.63) is 59.7 Å². The number of Topliss-reactive ketones (excluding diaryl/α,β-unsaturated/α-hetero) is 1. The van der Waals surface area contributed by atoms with Crippen LogP contribution in [0.1, 0.15) is 27.6 Å². The second-order valence-corrected chi connectivity index (χ2v) is 7.92. The molecule has 0 spiro atoms. The molecule has 2 aromatic rings. The van der Waals surface area contributed by atoms with Crippen LogP contribution >= 0.6 is 0 Å². The highest BCUT2D eigenvalue weighted by atomic mass is 32.2. The number of nitrogens with zero attached hydrogens (tertiary/aromatic N) is 1. The Morgan fingerprint density at radius 2 is 1.48 bits per heavy atom. The second-order valence-electron chi connectivity index (χ2n) is 5.77. The van der Waals surface area contributed by atoms with Gasteiger partial charge in [0, 0.05) is 19.7 Å². The highest BCUT2D eigenvalue weighted by molar-refractivity contribution is 7.89. The van der Waals surface area contributed by atoms with Gasteiger partial charge in [0.2, 0.25) is 10.0 Å². The SMILES string of the molecule is CCOc1ccc(C(=O)COC(=O)c2ccc(S(=O)(=O)N(C)C)cc2)cc1. The lowest BCUT2D eigenvalue weighted by Crippen LogP contribution is -2.22. The molecule has 0 radical (unpaired) electrons. The summed E-state index contributed by atoms with van der Waals surface area (Å²) in [5, 5.41) is 0. The van der Waals surface area contributed by atoms with E-state index in [2.05, 4.69) is 0 Å². The van der Waals surface area contributed by atoms with E-state index in [1.807, 2.05) is 6.92 Å². The molecule has 0 N–H and O–H groups in total. The van der Waals surface area contributed by atoms with Crippen LogP contribution in [-0.4, -0.2) is 51.8 Å². The lowest BCUT2D eigenvalue weighted by Gasteiger charge is -2.11. The van der Waals surface area contributed by atoms with Crippen LogP contribution in [0.15, 0.2) is 53.4 Å². The number of hydrogen-bond donors (Lipinski definition) is 0. The van der Waals surface area contributed by atoms with E-state index in [1.165, 1.54) is 38.4 Å². The number of rotatable bonds is 8. The Bertz CT molecular complexity index is 902. The van der Waals surface area contributed by atoms with Gasteiger partial charge in [0.1, 0.15) is 5.75 Å². The third-order valence-corrected chi connectivity index (χ3v) is 5.52. The number of ketones is 1. The van der Waals surface area contributed by atoms with Crippen molar-refractivity contribution in [3.63, 3.8) is 0 Å². The van der Waals surface area contributed by atoms with E-state index in [-0.39, 0.29) is 16.2 Å². The minimum Gasteiger partial charge on any atom is -0.494 e. The zero-order valence-corrected chi connectivity index (χ0v) is 16.2. The average Bonchev–Trinajstić information content (AvgIpc) is 2.66. The fourth-order valence-corrected chi connectivity index (χ4v) is 3.08. The molecule has 2 aromatic carbocycles. The molecule has 144 valence electrons. The van der Waals surface area contributed by atoms with Crippen molar-refractivity contribution >= 4 is 21.8 Å². The highest BCUT2D eigenvalue weighted by Gasteiger charge is 2.18. The largest absolute Gasteiger partial charge is 0.494 e. The first-order valence-corrected chi connectivity index (χ1v) is 9.65. The molecule has 0 aromatic heterocycles. The van der Waals surface area contributed by atoms with Crippen molar-refractivity contribution < 1.29 is 27.5 Å². The minimum absolute atomic E-state index is 0.0644. The Balaban J connectivity index is 1.98. The zero-order valence-electron chi connectivity index (χ0n) is 15.3. The van der Waals surface area contributed by atoms with Crippen LogP contribution in [-0.2, 0) is 14.8 Å². The summed E-state index contributed by atoms with van der Waals surface area (Å²) in [6.45, 7) is 1.98. The number of benzene rings is 2. The maximum absolute atomic E-state index is 12.1. The van der Waals surface area contributed by atoms with Gasteiger partial charge in [-0.25, -0.2) is 17.5 Å². The van der Waals surface area contributed by atoms with Crippen molar-refractivity contribution in [2.45, 2.75) is 11.8 Å². The van der Waals surface area contributed by atoms with Crippen molar-refractivity contribution in [2.75, 3.05) is 27.3 Å². The summed E-state index contributed by atoms with van der Waals surface area (Å²) in [7, 11) is -0.731. The molecule has 0 unspecified atom stereocenters. The molecule has 0 bridgehead atoms. The monoisotopic (exact) mass is 391 g/mol. The van der Waals surface area contributed by atoms with Crippen molar-refractivity contribution in [1.29, 1.82) is 0 Å². The van der Waals surface area contributed by atoms with E-state index in [0.29, 0.717) is 17.9 Å². The predicted molar refractivity (Wildman–Crippen MR) is 99.5 cm³/mol. The third-order valence-electron chi connectivity index (χ3n) is 3.69. The highest BCUT2D eigenvalue weighted by Crippen LogP contribution is 2.15. The number of carbonyl (C=O) groups excluding carboxylic acids is 2. The van der Waals surface area contributed by atoms with Gasteiger partial charge in [-0.05, 0) is 55.5 Å². The molecule has 0 fully saturated rings. The first-order chi connectivity index (χ1) is 12.8. The topological polar surface area (TPSA) is 90.0 Å². The maximum atomic E-state index is 12.1. The molecule has 0 saturated heterocycles. The van der Waals surface area contributed by atoms with Gasteiger partial charge >= 0.3 is 5.97 Å².